The Bertz CT molecular complexity index is 676. The maximum atomic E-state index is 12.8. The molecule has 0 saturated heterocycles. The standard InChI is InChI=1S/C25H49NO4Si2/c1-16-18-20(30-32(14,15)25(9,10)11)21(26-22(27)28-23(3,4)5)19(17-2)29-31(12,13)24(6,7)8/h1,17,19-21H,2,18H2,3-15H3,(H,26,27)/t19-,20-,21-/m1/s1. The fourth-order valence-corrected chi connectivity index (χ4v) is 5.15. The molecule has 0 aliphatic heterocycles. The van der Waals surface area contributed by atoms with Gasteiger partial charge in [0.05, 0.1) is 18.2 Å². The maximum absolute atomic E-state index is 12.8. The van der Waals surface area contributed by atoms with Crippen LogP contribution in [0.15, 0.2) is 12.7 Å². The predicted octanol–water partition coefficient (Wildman–Crippen LogP) is 6.87. The molecule has 0 aliphatic rings. The minimum Gasteiger partial charge on any atom is -0.444 e. The summed E-state index contributed by atoms with van der Waals surface area (Å²) in [6, 6.07) is -0.526. The van der Waals surface area contributed by atoms with E-state index in [4.69, 9.17) is 20.0 Å². The molecule has 0 rings (SSSR count). The number of ether oxygens (including phenoxy) is 1. The van der Waals surface area contributed by atoms with Crippen LogP contribution in [0.3, 0.4) is 0 Å². The molecule has 0 radical (unpaired) electrons. The zero-order valence-electron chi connectivity index (χ0n) is 22.9. The highest BCUT2D eigenvalue weighted by Crippen LogP contribution is 2.40. The second kappa shape index (κ2) is 10.9. The van der Waals surface area contributed by atoms with Crippen LogP contribution >= 0.6 is 0 Å². The van der Waals surface area contributed by atoms with Gasteiger partial charge in [-0.3, -0.25) is 0 Å². The molecule has 1 N–H and O–H groups in total. The van der Waals surface area contributed by atoms with Gasteiger partial charge in [-0.05, 0) is 57.0 Å². The van der Waals surface area contributed by atoms with Crippen molar-refractivity contribution in [3.8, 4) is 12.3 Å². The molecule has 0 aliphatic carbocycles. The van der Waals surface area contributed by atoms with E-state index < -0.39 is 46.6 Å². The normalized spacial score (nSPS) is 16.5. The van der Waals surface area contributed by atoms with Gasteiger partial charge in [-0.25, -0.2) is 4.79 Å². The predicted molar refractivity (Wildman–Crippen MR) is 141 cm³/mol. The van der Waals surface area contributed by atoms with Crippen LogP contribution in [-0.2, 0) is 13.6 Å². The number of carbonyl (C=O) groups is 1. The van der Waals surface area contributed by atoms with Gasteiger partial charge in [0, 0.05) is 6.42 Å². The molecule has 3 atom stereocenters. The molecule has 0 aromatic rings. The first-order valence-electron chi connectivity index (χ1n) is 11.5. The number of amides is 1. The highest BCUT2D eigenvalue weighted by atomic mass is 28.4. The summed E-state index contributed by atoms with van der Waals surface area (Å²) in [5.74, 6) is 2.74. The van der Waals surface area contributed by atoms with Gasteiger partial charge in [-0.15, -0.1) is 18.9 Å². The third kappa shape index (κ3) is 9.42. The summed E-state index contributed by atoms with van der Waals surface area (Å²) < 4.78 is 19.0. The Morgan fingerprint density at radius 1 is 0.969 bits per heavy atom. The van der Waals surface area contributed by atoms with Gasteiger partial charge in [0.25, 0.3) is 0 Å². The van der Waals surface area contributed by atoms with Gasteiger partial charge in [-0.2, -0.15) is 0 Å². The fraction of sp³-hybridized carbons (Fsp3) is 0.800. The second-order valence-electron chi connectivity index (χ2n) is 12.6. The highest BCUT2D eigenvalue weighted by molar-refractivity contribution is 6.74. The highest BCUT2D eigenvalue weighted by Gasteiger charge is 2.45. The van der Waals surface area contributed by atoms with Crippen LogP contribution in [0.2, 0.25) is 36.3 Å². The van der Waals surface area contributed by atoms with E-state index in [0.29, 0.717) is 6.42 Å². The van der Waals surface area contributed by atoms with Crippen molar-refractivity contribution in [3.05, 3.63) is 12.7 Å². The van der Waals surface area contributed by atoms with Crippen LogP contribution in [0.5, 0.6) is 0 Å². The minimum absolute atomic E-state index is 0.00731. The molecule has 0 unspecified atom stereocenters. The van der Waals surface area contributed by atoms with Gasteiger partial charge in [0.15, 0.2) is 16.6 Å². The average molecular weight is 484 g/mol. The zero-order valence-corrected chi connectivity index (χ0v) is 24.9. The van der Waals surface area contributed by atoms with Crippen LogP contribution in [-0.4, -0.2) is 46.6 Å². The lowest BCUT2D eigenvalue weighted by molar-refractivity contribution is 0.0306. The van der Waals surface area contributed by atoms with Crippen molar-refractivity contribution in [1.29, 1.82) is 0 Å². The van der Waals surface area contributed by atoms with Gasteiger partial charge >= 0.3 is 6.09 Å². The van der Waals surface area contributed by atoms with E-state index in [0.717, 1.165) is 0 Å². The number of terminal acetylenes is 1. The summed E-state index contributed by atoms with van der Waals surface area (Å²) in [5.41, 5.74) is -0.625. The number of hydrogen-bond donors (Lipinski definition) is 1. The summed E-state index contributed by atoms with van der Waals surface area (Å²) in [5, 5.41) is 3.00. The average Bonchev–Trinajstić information content (AvgIpc) is 2.53. The molecule has 1 amide bonds. The Kier molecular flexibility index (Phi) is 10.5. The number of alkyl carbamates (subject to hydrolysis) is 1. The molecular weight excluding hydrogens is 434 g/mol. The van der Waals surface area contributed by atoms with E-state index >= 15 is 0 Å². The molecule has 7 heteroatoms. The van der Waals surface area contributed by atoms with E-state index in [2.05, 4.69) is 85.5 Å². The van der Waals surface area contributed by atoms with Crippen molar-refractivity contribution in [2.75, 3.05) is 0 Å². The Morgan fingerprint density at radius 3 is 1.75 bits per heavy atom. The smallest absolute Gasteiger partial charge is 0.408 e. The summed E-state index contributed by atoms with van der Waals surface area (Å²) >= 11 is 0. The van der Waals surface area contributed by atoms with E-state index in [9.17, 15) is 4.79 Å². The maximum Gasteiger partial charge on any atom is 0.408 e. The third-order valence-corrected chi connectivity index (χ3v) is 15.5. The quantitative estimate of drug-likeness (QED) is 0.221. The molecular formula is C25H49NO4Si2. The third-order valence-electron chi connectivity index (χ3n) is 6.48. The van der Waals surface area contributed by atoms with Crippen LogP contribution in [0.25, 0.3) is 0 Å². The lowest BCUT2D eigenvalue weighted by Gasteiger charge is -2.45. The van der Waals surface area contributed by atoms with E-state index in [1.165, 1.54) is 0 Å². The Morgan fingerprint density at radius 2 is 1.41 bits per heavy atom. The molecule has 5 nitrogen and oxygen atoms in total. The van der Waals surface area contributed by atoms with Crippen molar-refractivity contribution in [2.45, 2.75) is 129 Å². The van der Waals surface area contributed by atoms with Crippen LogP contribution in [0.1, 0.15) is 68.7 Å². The fourth-order valence-electron chi connectivity index (χ4n) is 2.53. The summed E-state index contributed by atoms with van der Waals surface area (Å²) in [6.07, 6.45) is 6.43. The lowest BCUT2D eigenvalue weighted by atomic mass is 10.0. The van der Waals surface area contributed by atoms with Crippen molar-refractivity contribution in [1.82, 2.24) is 5.32 Å². The number of carbonyl (C=O) groups excluding carboxylic acids is 1. The second-order valence-corrected chi connectivity index (χ2v) is 22.1. The Labute approximate surface area is 200 Å². The number of rotatable bonds is 9. The van der Waals surface area contributed by atoms with Gasteiger partial charge < -0.3 is 18.9 Å². The molecule has 0 aromatic heterocycles. The Hall–Kier alpha value is -1.08. The summed E-state index contributed by atoms with van der Waals surface area (Å²) in [4.78, 5) is 12.8. The molecule has 0 saturated carbocycles. The monoisotopic (exact) mass is 483 g/mol. The largest absolute Gasteiger partial charge is 0.444 e. The van der Waals surface area contributed by atoms with Gasteiger partial charge in [-0.1, -0.05) is 47.6 Å². The molecule has 0 aromatic carbocycles. The van der Waals surface area contributed by atoms with Crippen LogP contribution in [0.4, 0.5) is 4.79 Å². The summed E-state index contributed by atoms with van der Waals surface area (Å²) in [7, 11) is -4.36. The van der Waals surface area contributed by atoms with Gasteiger partial charge in [0.2, 0.25) is 0 Å². The first kappa shape index (κ1) is 30.9. The van der Waals surface area contributed by atoms with Gasteiger partial charge in [0.1, 0.15) is 5.60 Å². The SMILES string of the molecule is C#CC[C@@H](O[Si](C)(C)C(C)(C)C)[C@H](NC(=O)OC(C)(C)C)[C@@H](C=C)O[Si](C)(C)C(C)(C)C. The molecule has 0 spiro atoms. The van der Waals surface area contributed by atoms with Crippen molar-refractivity contribution < 1.29 is 18.4 Å². The molecule has 32 heavy (non-hydrogen) atoms. The van der Waals surface area contributed by atoms with Crippen molar-refractivity contribution in [3.63, 3.8) is 0 Å². The lowest BCUT2D eigenvalue weighted by Crippen LogP contribution is -2.59. The van der Waals surface area contributed by atoms with Crippen molar-refractivity contribution in [2.24, 2.45) is 0 Å². The topological polar surface area (TPSA) is 56.8 Å². The van der Waals surface area contributed by atoms with Crippen LogP contribution in [0, 0.1) is 12.3 Å². The Balaban J connectivity index is 6.27. The molecule has 186 valence electrons. The number of hydrogen-bond acceptors (Lipinski definition) is 4. The molecule has 0 bridgehead atoms. The van der Waals surface area contributed by atoms with Crippen LogP contribution < -0.4 is 5.32 Å². The van der Waals surface area contributed by atoms with Crippen molar-refractivity contribution >= 4 is 22.7 Å². The minimum atomic E-state index is -2.19. The van der Waals surface area contributed by atoms with E-state index in [-0.39, 0.29) is 10.1 Å². The first-order chi connectivity index (χ1) is 14.1. The summed E-state index contributed by atoms with van der Waals surface area (Å²) in [6.45, 7) is 31.3. The number of nitrogens with one attached hydrogen (secondary N) is 1. The van der Waals surface area contributed by atoms with E-state index in [1.807, 2.05) is 20.8 Å². The van der Waals surface area contributed by atoms with E-state index in [1.54, 1.807) is 6.08 Å². The molecule has 0 fully saturated rings. The first-order valence-corrected chi connectivity index (χ1v) is 17.3. The zero-order chi connectivity index (χ0) is 25.8. The molecule has 0 heterocycles.